The number of rotatable bonds is 8. The summed E-state index contributed by atoms with van der Waals surface area (Å²) in [5.74, 6) is 1.87. The summed E-state index contributed by atoms with van der Waals surface area (Å²) in [7, 11) is 1.51. The number of carbonyl (C=O) groups is 2. The number of fused-ring (bicyclic) bond motifs is 1. The van der Waals surface area contributed by atoms with E-state index in [1.807, 2.05) is 0 Å². The molecule has 3 rings (SSSR count). The lowest BCUT2D eigenvalue weighted by Crippen LogP contribution is -2.14. The zero-order valence-corrected chi connectivity index (χ0v) is 17.0. The number of benzene rings is 2. The minimum absolute atomic E-state index is 0. The van der Waals surface area contributed by atoms with Crippen LogP contribution < -0.4 is 30.0 Å². The first kappa shape index (κ1) is 22.2. The summed E-state index contributed by atoms with van der Waals surface area (Å²) < 4.78 is 21.4. The van der Waals surface area contributed by atoms with Gasteiger partial charge in [-0.3, -0.25) is 9.59 Å². The quantitative estimate of drug-likeness (QED) is 0.381. The van der Waals surface area contributed by atoms with Crippen molar-refractivity contribution in [1.29, 1.82) is 0 Å². The molecular weight excluding hydrogens is 400 g/mol. The number of Topliss-reactive ketones (excluding diaryl/α,β-unsaturated/α-hetero) is 1. The Hall–Kier alpha value is -3.13. The van der Waals surface area contributed by atoms with Gasteiger partial charge in [0.25, 0.3) is 0 Å². The number of ketones is 1. The third kappa shape index (κ3) is 5.45. The zero-order chi connectivity index (χ0) is 20.1. The number of ether oxygens (including phenoxy) is 4. The molecule has 0 saturated carbocycles. The van der Waals surface area contributed by atoms with E-state index in [0.717, 1.165) is 0 Å². The number of halogens is 1. The van der Waals surface area contributed by atoms with Crippen LogP contribution in [0.3, 0.4) is 0 Å². The summed E-state index contributed by atoms with van der Waals surface area (Å²) in [6, 6.07) is 8.26. The predicted octanol–water partition coefficient (Wildman–Crippen LogP) is 3.43. The van der Waals surface area contributed by atoms with Gasteiger partial charge in [0.15, 0.2) is 28.8 Å². The summed E-state index contributed by atoms with van der Waals surface area (Å²) in [5.41, 5.74) is 7.36. The molecule has 1 heterocycles. The smallest absolute Gasteiger partial charge is 0.231 e. The summed E-state index contributed by atoms with van der Waals surface area (Å²) in [6.45, 7) is 1.95. The molecule has 0 spiro atoms. The monoisotopic (exact) mass is 422 g/mol. The Morgan fingerprint density at radius 3 is 2.55 bits per heavy atom. The highest BCUT2D eigenvalue weighted by atomic mass is 35.5. The van der Waals surface area contributed by atoms with E-state index in [-0.39, 0.29) is 37.3 Å². The summed E-state index contributed by atoms with van der Waals surface area (Å²) in [5, 5.41) is 2.76. The molecule has 0 saturated heterocycles. The maximum Gasteiger partial charge on any atom is 0.231 e. The van der Waals surface area contributed by atoms with Crippen LogP contribution in [0.15, 0.2) is 30.3 Å². The van der Waals surface area contributed by atoms with Crippen LogP contribution in [-0.2, 0) is 4.79 Å². The minimum Gasteiger partial charge on any atom is -0.493 e. The second kappa shape index (κ2) is 9.88. The number of nitrogen functional groups attached to an aromatic ring is 1. The van der Waals surface area contributed by atoms with Gasteiger partial charge >= 0.3 is 0 Å². The molecule has 29 heavy (non-hydrogen) atoms. The molecule has 8 nitrogen and oxygen atoms in total. The Labute approximate surface area is 174 Å². The number of nitrogens with one attached hydrogen (secondary N) is 1. The lowest BCUT2D eigenvalue weighted by Gasteiger charge is -2.12. The van der Waals surface area contributed by atoms with Gasteiger partial charge in [-0.15, -0.1) is 12.4 Å². The lowest BCUT2D eigenvalue weighted by molar-refractivity contribution is -0.116. The van der Waals surface area contributed by atoms with E-state index in [9.17, 15) is 9.59 Å². The highest BCUT2D eigenvalue weighted by Crippen LogP contribution is 2.38. The Balaban J connectivity index is 0.00000300. The SMILES string of the molecule is COc1cc(C(C)=O)ccc1OCCCC(=O)Nc1cc2c(cc1N)OCO2.Cl. The molecule has 0 bridgehead atoms. The molecule has 0 fully saturated rings. The van der Waals surface area contributed by atoms with Crippen molar-refractivity contribution in [2.45, 2.75) is 19.8 Å². The molecule has 1 aliphatic rings. The highest BCUT2D eigenvalue weighted by molar-refractivity contribution is 5.95. The Morgan fingerprint density at radius 1 is 1.14 bits per heavy atom. The fourth-order valence-electron chi connectivity index (χ4n) is 2.70. The predicted molar refractivity (Wildman–Crippen MR) is 111 cm³/mol. The van der Waals surface area contributed by atoms with E-state index in [1.54, 1.807) is 30.3 Å². The van der Waals surface area contributed by atoms with E-state index in [4.69, 9.17) is 24.7 Å². The number of hydrogen-bond donors (Lipinski definition) is 2. The van der Waals surface area contributed by atoms with Crippen LogP contribution in [0.4, 0.5) is 11.4 Å². The van der Waals surface area contributed by atoms with Crippen molar-refractivity contribution in [3.8, 4) is 23.0 Å². The average Bonchev–Trinajstić information content (AvgIpc) is 3.12. The standard InChI is InChI=1S/C20H22N2O6.ClH/c1-12(23)13-5-6-16(17(8-13)25-2)26-7-3-4-20(24)22-15-10-19-18(9-14(15)21)27-11-28-19;/h5-6,8-10H,3-4,7,11,21H2,1-2H3,(H,22,24);1H. The summed E-state index contributed by atoms with van der Waals surface area (Å²) >= 11 is 0. The summed E-state index contributed by atoms with van der Waals surface area (Å²) in [6.07, 6.45) is 0.746. The second-order valence-corrected chi connectivity index (χ2v) is 6.21. The molecule has 0 atom stereocenters. The molecule has 0 radical (unpaired) electrons. The Morgan fingerprint density at radius 2 is 1.86 bits per heavy atom. The first-order valence-electron chi connectivity index (χ1n) is 8.78. The van der Waals surface area contributed by atoms with E-state index in [0.29, 0.717) is 53.0 Å². The maximum atomic E-state index is 12.2. The molecule has 0 aliphatic carbocycles. The van der Waals surface area contributed by atoms with Gasteiger partial charge in [-0.25, -0.2) is 0 Å². The van der Waals surface area contributed by atoms with Gasteiger partial charge in [0.2, 0.25) is 12.7 Å². The molecule has 156 valence electrons. The van der Waals surface area contributed by atoms with Crippen molar-refractivity contribution < 1.29 is 28.5 Å². The van der Waals surface area contributed by atoms with E-state index >= 15 is 0 Å². The van der Waals surface area contributed by atoms with Gasteiger partial charge in [0, 0.05) is 24.1 Å². The van der Waals surface area contributed by atoms with Crippen molar-refractivity contribution in [1.82, 2.24) is 0 Å². The number of nitrogens with two attached hydrogens (primary N) is 1. The minimum atomic E-state index is -0.187. The average molecular weight is 423 g/mol. The highest BCUT2D eigenvalue weighted by Gasteiger charge is 2.17. The van der Waals surface area contributed by atoms with Crippen LogP contribution in [0.1, 0.15) is 30.1 Å². The van der Waals surface area contributed by atoms with Gasteiger partial charge in [-0.2, -0.15) is 0 Å². The van der Waals surface area contributed by atoms with Crippen LogP contribution in [0, 0.1) is 0 Å². The molecule has 2 aromatic rings. The Bertz CT molecular complexity index is 903. The summed E-state index contributed by atoms with van der Waals surface area (Å²) in [4.78, 5) is 23.6. The van der Waals surface area contributed by atoms with Crippen LogP contribution >= 0.6 is 12.4 Å². The lowest BCUT2D eigenvalue weighted by atomic mass is 10.1. The van der Waals surface area contributed by atoms with Crippen LogP contribution in [0.25, 0.3) is 0 Å². The van der Waals surface area contributed by atoms with E-state index in [2.05, 4.69) is 5.32 Å². The fraction of sp³-hybridized carbons (Fsp3) is 0.300. The van der Waals surface area contributed by atoms with Crippen LogP contribution in [-0.4, -0.2) is 32.2 Å². The van der Waals surface area contributed by atoms with Crippen molar-refractivity contribution in [3.63, 3.8) is 0 Å². The van der Waals surface area contributed by atoms with E-state index < -0.39 is 0 Å². The van der Waals surface area contributed by atoms with Crippen molar-refractivity contribution >= 4 is 35.5 Å². The molecular formula is C20H23ClN2O6. The molecule has 0 aromatic heterocycles. The van der Waals surface area contributed by atoms with Gasteiger partial charge in [0.05, 0.1) is 25.1 Å². The third-order valence-corrected chi connectivity index (χ3v) is 4.19. The van der Waals surface area contributed by atoms with Crippen molar-refractivity contribution in [3.05, 3.63) is 35.9 Å². The second-order valence-electron chi connectivity index (χ2n) is 6.21. The maximum absolute atomic E-state index is 12.2. The molecule has 1 aliphatic heterocycles. The first-order chi connectivity index (χ1) is 13.5. The molecule has 9 heteroatoms. The first-order valence-corrected chi connectivity index (χ1v) is 8.78. The molecule has 3 N–H and O–H groups in total. The molecule has 2 aromatic carbocycles. The largest absolute Gasteiger partial charge is 0.493 e. The molecule has 0 unspecified atom stereocenters. The number of amides is 1. The van der Waals surface area contributed by atoms with Crippen LogP contribution in [0.2, 0.25) is 0 Å². The zero-order valence-electron chi connectivity index (χ0n) is 16.2. The number of anilines is 2. The normalized spacial score (nSPS) is 11.4. The number of carbonyl (C=O) groups excluding carboxylic acids is 2. The third-order valence-electron chi connectivity index (χ3n) is 4.19. The van der Waals surface area contributed by atoms with Gasteiger partial charge in [-0.05, 0) is 31.5 Å². The van der Waals surface area contributed by atoms with Crippen molar-refractivity contribution in [2.24, 2.45) is 0 Å². The van der Waals surface area contributed by atoms with Gasteiger partial charge in [-0.1, -0.05) is 0 Å². The fourth-order valence-corrected chi connectivity index (χ4v) is 2.70. The van der Waals surface area contributed by atoms with Crippen molar-refractivity contribution in [2.75, 3.05) is 31.6 Å². The Kier molecular flexibility index (Phi) is 7.55. The van der Waals surface area contributed by atoms with Gasteiger partial charge in [0.1, 0.15) is 0 Å². The topological polar surface area (TPSA) is 109 Å². The molecule has 1 amide bonds. The number of methoxy groups -OCH3 is 1. The van der Waals surface area contributed by atoms with Crippen LogP contribution in [0.5, 0.6) is 23.0 Å². The number of hydrogen-bond acceptors (Lipinski definition) is 7. The van der Waals surface area contributed by atoms with Gasteiger partial charge < -0.3 is 30.0 Å². The van der Waals surface area contributed by atoms with E-state index in [1.165, 1.54) is 14.0 Å².